The molecule has 0 radical (unpaired) electrons. The van der Waals surface area contributed by atoms with Gasteiger partial charge in [0.25, 0.3) is 0 Å². The molecule has 0 unspecified atom stereocenters. The van der Waals surface area contributed by atoms with Crippen LogP contribution in [0.15, 0.2) is 18.2 Å². The van der Waals surface area contributed by atoms with Gasteiger partial charge >= 0.3 is 0 Å². The van der Waals surface area contributed by atoms with Gasteiger partial charge in [0.1, 0.15) is 5.82 Å². The molecule has 1 amide bonds. The first-order valence-electron chi connectivity index (χ1n) is 7.35. The fourth-order valence-corrected chi connectivity index (χ4v) is 2.60. The van der Waals surface area contributed by atoms with Crippen molar-refractivity contribution in [2.75, 3.05) is 26.7 Å². The highest BCUT2D eigenvalue weighted by Crippen LogP contribution is 2.13. The molecule has 1 fully saturated rings. The Hall–Kier alpha value is -1.46. The van der Waals surface area contributed by atoms with Crippen molar-refractivity contribution >= 4 is 5.91 Å². The van der Waals surface area contributed by atoms with E-state index in [1.165, 1.54) is 12.1 Å². The second-order valence-corrected chi connectivity index (χ2v) is 5.86. The summed E-state index contributed by atoms with van der Waals surface area (Å²) in [5.41, 5.74) is 1.93. The van der Waals surface area contributed by atoms with Gasteiger partial charge < -0.3 is 10.0 Å². The van der Waals surface area contributed by atoms with E-state index in [0.29, 0.717) is 39.0 Å². The summed E-state index contributed by atoms with van der Waals surface area (Å²) in [6.07, 6.45) is 1.03. The maximum absolute atomic E-state index is 13.3. The van der Waals surface area contributed by atoms with Crippen LogP contribution in [0.2, 0.25) is 0 Å². The fraction of sp³-hybridized carbons (Fsp3) is 0.562. The van der Waals surface area contributed by atoms with Crippen molar-refractivity contribution in [2.24, 2.45) is 0 Å². The van der Waals surface area contributed by atoms with E-state index >= 15 is 0 Å². The lowest BCUT2D eigenvalue weighted by Crippen LogP contribution is -2.44. The molecule has 2 rings (SSSR count). The van der Waals surface area contributed by atoms with Crippen LogP contribution in [0.1, 0.15) is 24.0 Å². The number of piperidine rings is 1. The predicted octanol–water partition coefficient (Wildman–Crippen LogP) is 1.55. The Labute approximate surface area is 125 Å². The topological polar surface area (TPSA) is 43.8 Å². The van der Waals surface area contributed by atoms with Gasteiger partial charge in [0, 0.05) is 19.6 Å². The number of halogens is 1. The molecule has 1 N–H and O–H groups in total. The van der Waals surface area contributed by atoms with Gasteiger partial charge in [0.05, 0.1) is 12.6 Å². The third-order valence-corrected chi connectivity index (χ3v) is 3.97. The van der Waals surface area contributed by atoms with Gasteiger partial charge in [-0.1, -0.05) is 6.07 Å². The molecular formula is C16H23FN2O2. The van der Waals surface area contributed by atoms with Crippen molar-refractivity contribution in [1.29, 1.82) is 0 Å². The molecular weight excluding hydrogens is 271 g/mol. The number of hydrogen-bond donors (Lipinski definition) is 1. The lowest BCUT2D eigenvalue weighted by Gasteiger charge is -2.31. The van der Waals surface area contributed by atoms with Gasteiger partial charge in [0.2, 0.25) is 5.91 Å². The van der Waals surface area contributed by atoms with Crippen molar-refractivity contribution in [3.63, 3.8) is 0 Å². The first-order chi connectivity index (χ1) is 9.95. The lowest BCUT2D eigenvalue weighted by atomic mass is 10.1. The number of hydrogen-bond acceptors (Lipinski definition) is 3. The molecule has 0 spiro atoms. The summed E-state index contributed by atoms with van der Waals surface area (Å²) in [7, 11) is 1.86. The number of likely N-dealkylation sites (N-methyl/N-ethyl adjacent to an activating group) is 1. The lowest BCUT2D eigenvalue weighted by molar-refractivity contribution is -0.134. The third-order valence-electron chi connectivity index (χ3n) is 3.97. The van der Waals surface area contributed by atoms with Crippen LogP contribution in [0.4, 0.5) is 4.39 Å². The van der Waals surface area contributed by atoms with Crippen molar-refractivity contribution in [2.45, 2.75) is 32.4 Å². The number of rotatable bonds is 4. The molecule has 1 aliphatic rings. The summed E-state index contributed by atoms with van der Waals surface area (Å²) < 4.78 is 13.3. The zero-order valence-electron chi connectivity index (χ0n) is 12.7. The van der Waals surface area contributed by atoms with Crippen LogP contribution in [0.3, 0.4) is 0 Å². The SMILES string of the molecule is Cc1ccc(F)cc1CN(C)CC(=O)N1CCC(O)CC1. The van der Waals surface area contributed by atoms with E-state index in [9.17, 15) is 14.3 Å². The number of aryl methyl sites for hydroxylation is 1. The molecule has 0 atom stereocenters. The first-order valence-corrected chi connectivity index (χ1v) is 7.35. The Kier molecular flexibility index (Phi) is 5.31. The van der Waals surface area contributed by atoms with Gasteiger partial charge in [0.15, 0.2) is 0 Å². The second-order valence-electron chi connectivity index (χ2n) is 5.86. The molecule has 0 aliphatic carbocycles. The van der Waals surface area contributed by atoms with Crippen LogP contribution in [0.5, 0.6) is 0 Å². The number of aliphatic hydroxyl groups excluding tert-OH is 1. The number of nitrogens with zero attached hydrogens (tertiary/aromatic N) is 2. The van der Waals surface area contributed by atoms with E-state index < -0.39 is 0 Å². The van der Waals surface area contributed by atoms with Crippen LogP contribution in [-0.2, 0) is 11.3 Å². The van der Waals surface area contributed by atoms with E-state index in [2.05, 4.69) is 0 Å². The standard InChI is InChI=1S/C16H23FN2O2/c1-12-3-4-14(17)9-13(12)10-18(2)11-16(21)19-7-5-15(20)6-8-19/h3-4,9,15,20H,5-8,10-11H2,1-2H3. The van der Waals surface area contributed by atoms with Crippen LogP contribution >= 0.6 is 0 Å². The summed E-state index contributed by atoms with van der Waals surface area (Å²) in [5.74, 6) is -0.182. The normalized spacial score (nSPS) is 16.5. The summed E-state index contributed by atoms with van der Waals surface area (Å²) in [4.78, 5) is 15.9. The van der Waals surface area contributed by atoms with E-state index in [1.807, 2.05) is 18.9 Å². The molecule has 1 heterocycles. The van der Waals surface area contributed by atoms with Crippen LogP contribution in [-0.4, -0.2) is 53.6 Å². The van der Waals surface area contributed by atoms with E-state index in [-0.39, 0.29) is 17.8 Å². The third kappa shape index (κ3) is 4.51. The number of amides is 1. The van der Waals surface area contributed by atoms with Crippen molar-refractivity contribution < 1.29 is 14.3 Å². The summed E-state index contributed by atoms with van der Waals surface area (Å²) in [6, 6.07) is 4.73. The molecule has 116 valence electrons. The van der Waals surface area contributed by atoms with Crippen molar-refractivity contribution in [3.8, 4) is 0 Å². The van der Waals surface area contributed by atoms with E-state index in [4.69, 9.17) is 0 Å². The van der Waals surface area contributed by atoms with Crippen LogP contribution < -0.4 is 0 Å². The zero-order chi connectivity index (χ0) is 15.4. The second kappa shape index (κ2) is 7.00. The number of likely N-dealkylation sites (tertiary alicyclic amines) is 1. The molecule has 1 aromatic carbocycles. The van der Waals surface area contributed by atoms with E-state index in [0.717, 1.165) is 11.1 Å². The van der Waals surface area contributed by atoms with Crippen molar-refractivity contribution in [1.82, 2.24) is 9.80 Å². The molecule has 1 saturated heterocycles. The van der Waals surface area contributed by atoms with Crippen molar-refractivity contribution in [3.05, 3.63) is 35.1 Å². The Morgan fingerprint density at radius 1 is 1.43 bits per heavy atom. The number of carbonyl (C=O) groups is 1. The number of aliphatic hydroxyl groups is 1. The quantitative estimate of drug-likeness (QED) is 0.916. The number of benzene rings is 1. The highest BCUT2D eigenvalue weighted by Gasteiger charge is 2.22. The van der Waals surface area contributed by atoms with E-state index in [1.54, 1.807) is 11.0 Å². The molecule has 1 aromatic rings. The average molecular weight is 294 g/mol. The fourth-order valence-electron chi connectivity index (χ4n) is 2.60. The highest BCUT2D eigenvalue weighted by atomic mass is 19.1. The Morgan fingerprint density at radius 3 is 2.76 bits per heavy atom. The van der Waals surface area contributed by atoms with Crippen LogP contribution in [0, 0.1) is 12.7 Å². The smallest absolute Gasteiger partial charge is 0.236 e. The van der Waals surface area contributed by atoms with Gasteiger partial charge in [-0.05, 0) is 50.1 Å². The Bertz CT molecular complexity index is 499. The minimum Gasteiger partial charge on any atom is -0.393 e. The predicted molar refractivity (Wildman–Crippen MR) is 79.3 cm³/mol. The molecule has 4 nitrogen and oxygen atoms in total. The molecule has 21 heavy (non-hydrogen) atoms. The van der Waals surface area contributed by atoms with Crippen LogP contribution in [0.25, 0.3) is 0 Å². The minimum absolute atomic E-state index is 0.0680. The van der Waals surface area contributed by atoms with Gasteiger partial charge in [-0.3, -0.25) is 9.69 Å². The largest absolute Gasteiger partial charge is 0.393 e. The molecule has 0 saturated carbocycles. The zero-order valence-corrected chi connectivity index (χ0v) is 12.7. The Morgan fingerprint density at radius 2 is 2.10 bits per heavy atom. The van der Waals surface area contributed by atoms with Gasteiger partial charge in [-0.25, -0.2) is 4.39 Å². The minimum atomic E-state index is -0.276. The maximum atomic E-state index is 13.3. The average Bonchev–Trinajstić information content (AvgIpc) is 2.43. The molecule has 0 bridgehead atoms. The first kappa shape index (κ1) is 15.9. The molecule has 1 aliphatic heterocycles. The number of carbonyl (C=O) groups excluding carboxylic acids is 1. The molecule has 0 aromatic heterocycles. The monoisotopic (exact) mass is 294 g/mol. The summed E-state index contributed by atoms with van der Waals surface area (Å²) in [6.45, 7) is 4.04. The summed E-state index contributed by atoms with van der Waals surface area (Å²) in [5, 5.41) is 9.46. The highest BCUT2D eigenvalue weighted by molar-refractivity contribution is 5.78. The van der Waals surface area contributed by atoms with Gasteiger partial charge in [-0.2, -0.15) is 0 Å². The molecule has 5 heteroatoms. The Balaban J connectivity index is 1.87. The summed E-state index contributed by atoms with van der Waals surface area (Å²) >= 11 is 0. The van der Waals surface area contributed by atoms with Gasteiger partial charge in [-0.15, -0.1) is 0 Å². The maximum Gasteiger partial charge on any atom is 0.236 e.